The smallest absolute Gasteiger partial charge is 0.355 e. The summed E-state index contributed by atoms with van der Waals surface area (Å²) in [5, 5.41) is 20.1. The number of β-lactam (4-membered cyclic amide) rings is 2. The molecule has 2 aromatic heterocycles. The third-order valence-electron chi connectivity index (χ3n) is 18.0. The van der Waals surface area contributed by atoms with Crippen molar-refractivity contribution in [3.63, 3.8) is 0 Å². The number of aryl methyl sites for hydroxylation is 6. The Bertz CT molecular complexity index is 2850. The number of ketones is 2. The lowest BCUT2D eigenvalue weighted by molar-refractivity contribution is -0.157. The number of Topliss-reactive ketones (excluding diaryl/α,β-unsaturated/α-hetero) is 2. The van der Waals surface area contributed by atoms with E-state index >= 15 is 0 Å². The Morgan fingerprint density at radius 3 is 1.17 bits per heavy atom. The number of aromatic nitrogens is 4. The summed E-state index contributed by atoms with van der Waals surface area (Å²) in [5.41, 5.74) is 6.01. The number of benzene rings is 2. The summed E-state index contributed by atoms with van der Waals surface area (Å²) in [7, 11) is 0. The number of hydrogen-bond donors (Lipinski definition) is 1. The Kier molecular flexibility index (Phi) is 31.3. The molecular weight excluding hydrogens is 1170 g/mol. The van der Waals surface area contributed by atoms with Gasteiger partial charge in [-0.05, 0) is 138 Å². The maximum absolute atomic E-state index is 14.1. The van der Waals surface area contributed by atoms with Gasteiger partial charge in [-0.3, -0.25) is 28.5 Å². The highest BCUT2D eigenvalue weighted by Gasteiger charge is 2.56. The lowest BCUT2D eigenvalue weighted by Crippen LogP contribution is -2.68. The monoisotopic (exact) mass is 1280 g/mol. The minimum Gasteiger partial charge on any atom is -0.457 e. The molecule has 4 heterocycles. The minimum absolute atomic E-state index is 0.0238. The van der Waals surface area contributed by atoms with Gasteiger partial charge in [-0.15, -0.1) is 0 Å². The number of aliphatic hydroxyl groups excluding tert-OH is 1. The molecule has 2 aliphatic rings. The second-order valence-electron chi connectivity index (χ2n) is 25.3. The Morgan fingerprint density at radius 2 is 0.867 bits per heavy atom. The van der Waals surface area contributed by atoms with Gasteiger partial charge < -0.3 is 24.4 Å². The molecule has 1 N–H and O–H groups in total. The molecule has 0 unspecified atom stereocenters. The van der Waals surface area contributed by atoms with Crippen molar-refractivity contribution in [1.29, 1.82) is 0 Å². The van der Waals surface area contributed by atoms with Crippen molar-refractivity contribution in [3.8, 4) is 0 Å². The number of carbonyl (C=O) groups excluding carboxylic acids is 6. The lowest BCUT2D eigenvalue weighted by Gasteiger charge is -2.51. The highest BCUT2D eigenvalue weighted by molar-refractivity contribution is 7.78. The van der Waals surface area contributed by atoms with E-state index in [1.165, 1.54) is 17.2 Å². The number of nitrogens with zero attached hydrogens (tertiary/aromatic N) is 6. The number of rotatable bonds is 40. The summed E-state index contributed by atoms with van der Waals surface area (Å²) in [5.74, 6) is -2.60. The highest BCUT2D eigenvalue weighted by atomic mass is 31.2. The molecule has 6 rings (SSSR count). The van der Waals surface area contributed by atoms with Crippen LogP contribution in [0, 0.1) is 31.6 Å². The van der Waals surface area contributed by atoms with Gasteiger partial charge in [-0.2, -0.15) is 10.2 Å². The molecule has 0 radical (unpaired) electrons. The third kappa shape index (κ3) is 19.6. The molecule has 15 nitrogen and oxygen atoms in total. The van der Waals surface area contributed by atoms with Crippen molar-refractivity contribution >= 4 is 59.9 Å². The standard InChI is InChI=1S/C37H56N3O4P.C36H54N3O5P/c1-8-12-23-45(24-13-9-2,25-14-10-3)36(37(43)44-22-11-4)40-32(34(28(5)6)35(40)42)27-33(41)31-26-29(7)39(38-31)21-20-30-18-16-15-17-19-30;1-7-11-22-45(23-12-8-2,24-13-9-3)35(36(43)44-21-10-4)39-31(33(28(6)40)34(39)42)26-32(41)30-25-27(5)38(37-30)20-19-29-17-15-14-16-18-29/h11,15-19,26,28,32,34H,4,8-10,12-14,20-25,27H2,1-3,5-7H3;10,14-18,25,28,31,33,40H,4,7-9,11-13,19-24,26H2,1-3,5-6H3/t32-,34-;28-,31-,33-/m11/s1. The number of aliphatic hydroxyl groups is 1. The van der Waals surface area contributed by atoms with Gasteiger partial charge in [-0.1, -0.05) is 194 Å². The molecule has 2 saturated heterocycles. The molecule has 90 heavy (non-hydrogen) atoms. The zero-order valence-corrected chi connectivity index (χ0v) is 58.4. The highest BCUT2D eigenvalue weighted by Crippen LogP contribution is 2.56. The summed E-state index contributed by atoms with van der Waals surface area (Å²) < 4.78 is 15.2. The molecule has 2 fully saturated rings. The minimum atomic E-state index is -2.16. The molecule has 496 valence electrons. The predicted molar refractivity (Wildman–Crippen MR) is 372 cm³/mol. The molecular formula is C73H110N6O9P2. The van der Waals surface area contributed by atoms with Crippen molar-refractivity contribution in [2.45, 2.75) is 210 Å². The van der Waals surface area contributed by atoms with E-state index in [-0.39, 0.29) is 61.3 Å². The van der Waals surface area contributed by atoms with Crippen LogP contribution in [0.4, 0.5) is 0 Å². The van der Waals surface area contributed by atoms with Crippen LogP contribution in [0.15, 0.2) is 98.1 Å². The van der Waals surface area contributed by atoms with E-state index < -0.39 is 49.8 Å². The number of hydrogen-bond acceptors (Lipinski definition) is 11. The molecule has 2 amide bonds. The van der Waals surface area contributed by atoms with E-state index in [9.17, 15) is 33.9 Å². The molecule has 2 aliphatic heterocycles. The molecule has 0 saturated carbocycles. The van der Waals surface area contributed by atoms with Gasteiger partial charge in [0.1, 0.15) is 35.4 Å². The summed E-state index contributed by atoms with van der Waals surface area (Å²) in [6.45, 7) is 27.2. The van der Waals surface area contributed by atoms with E-state index in [4.69, 9.17) is 14.6 Å². The largest absolute Gasteiger partial charge is 0.457 e. The van der Waals surface area contributed by atoms with Crippen LogP contribution < -0.4 is 0 Å². The number of esters is 2. The first kappa shape index (κ1) is 74.8. The van der Waals surface area contributed by atoms with Crippen LogP contribution in [0.25, 0.3) is 0 Å². The third-order valence-corrected chi connectivity index (χ3v) is 27.7. The zero-order chi connectivity index (χ0) is 66.0. The molecule has 4 aromatic rings. The predicted octanol–water partition coefficient (Wildman–Crippen LogP) is 14.3. The topological polar surface area (TPSA) is 183 Å². The van der Waals surface area contributed by atoms with Crippen LogP contribution in [0.3, 0.4) is 0 Å². The number of amides is 2. The van der Waals surface area contributed by atoms with Gasteiger partial charge in [0.05, 0.1) is 30.0 Å². The normalized spacial score (nSPS) is 16.8. The van der Waals surface area contributed by atoms with Crippen LogP contribution >= 0.6 is 13.8 Å². The molecule has 0 bridgehead atoms. The average Bonchev–Trinajstić information content (AvgIpc) is 0.831. The van der Waals surface area contributed by atoms with Crippen molar-refractivity contribution in [1.82, 2.24) is 29.4 Å². The summed E-state index contributed by atoms with van der Waals surface area (Å²) in [6, 6.07) is 23.0. The van der Waals surface area contributed by atoms with Crippen LogP contribution in [-0.2, 0) is 54.6 Å². The van der Waals surface area contributed by atoms with Gasteiger partial charge in [0.15, 0.2) is 11.6 Å². The van der Waals surface area contributed by atoms with Gasteiger partial charge >= 0.3 is 11.9 Å². The first-order chi connectivity index (χ1) is 43.3. The van der Waals surface area contributed by atoms with Gasteiger partial charge in [0.2, 0.25) is 11.8 Å². The fourth-order valence-electron chi connectivity index (χ4n) is 13.0. The van der Waals surface area contributed by atoms with E-state index in [0.29, 0.717) is 35.3 Å². The van der Waals surface area contributed by atoms with Crippen molar-refractivity contribution in [3.05, 3.63) is 132 Å². The van der Waals surface area contributed by atoms with E-state index in [1.54, 1.807) is 28.9 Å². The van der Waals surface area contributed by atoms with Crippen LogP contribution in [-0.4, -0.2) is 149 Å². The van der Waals surface area contributed by atoms with Crippen LogP contribution in [0.2, 0.25) is 0 Å². The van der Waals surface area contributed by atoms with Gasteiger partial charge in [0, 0.05) is 37.3 Å². The average molecular weight is 1280 g/mol. The van der Waals surface area contributed by atoms with Crippen molar-refractivity contribution < 1.29 is 43.3 Å². The molecule has 5 atom stereocenters. The Labute approximate surface area is 540 Å². The van der Waals surface area contributed by atoms with Gasteiger partial charge in [-0.25, -0.2) is 9.59 Å². The number of ether oxygens (including phenoxy) is 2. The molecule has 2 aromatic carbocycles. The quantitative estimate of drug-likeness (QED) is 0.0147. The Morgan fingerprint density at radius 1 is 0.544 bits per heavy atom. The zero-order valence-electron chi connectivity index (χ0n) is 56.6. The van der Waals surface area contributed by atoms with Crippen molar-refractivity contribution in [2.75, 3.05) is 50.2 Å². The summed E-state index contributed by atoms with van der Waals surface area (Å²) in [6.07, 6.45) is 21.0. The van der Waals surface area contributed by atoms with E-state index in [0.717, 1.165) is 138 Å². The summed E-state index contributed by atoms with van der Waals surface area (Å²) >= 11 is 0. The van der Waals surface area contributed by atoms with Crippen LogP contribution in [0.5, 0.6) is 0 Å². The Balaban J connectivity index is 0.000000327. The maximum Gasteiger partial charge on any atom is 0.355 e. The first-order valence-electron chi connectivity index (χ1n) is 33.9. The fourth-order valence-corrected chi connectivity index (χ4v) is 23.4. The second kappa shape index (κ2) is 37.6. The lowest BCUT2D eigenvalue weighted by atomic mass is 9.76. The fraction of sp³-hybridized carbons (Fsp3) is 0.589. The number of unbranched alkanes of at least 4 members (excludes halogenated alkanes) is 6. The van der Waals surface area contributed by atoms with Crippen LogP contribution in [0.1, 0.15) is 196 Å². The van der Waals surface area contributed by atoms with E-state index in [2.05, 4.69) is 84.1 Å². The molecule has 0 spiro atoms. The summed E-state index contributed by atoms with van der Waals surface area (Å²) in [4.78, 5) is 87.0. The maximum atomic E-state index is 14.1. The SMILES string of the molecule is C=CCOC(=O)C(N1C(=O)[C@H](C(C)C)[C@H]1CC(=O)c1cc(C)n(CCc2ccccc2)n1)=P(CCCC)(CCCC)CCCC.C=CCOC(=O)C(N1C(=O)[C@H]([C@@H](C)O)[C@H]1CC(=O)c1cc(C)n(CCc2ccccc2)n1)=P(CCCC)(CCCC)CCCC. The van der Waals surface area contributed by atoms with Gasteiger partial charge in [0.25, 0.3) is 0 Å². The Hall–Kier alpha value is -5.88. The van der Waals surface area contributed by atoms with Crippen molar-refractivity contribution in [2.24, 2.45) is 17.8 Å². The second-order valence-corrected chi connectivity index (χ2v) is 33.4. The first-order valence-corrected chi connectivity index (χ1v) is 38.6. The van der Waals surface area contributed by atoms with E-state index in [1.807, 2.05) is 79.5 Å². The molecule has 0 aliphatic carbocycles. The molecule has 17 heteroatoms. The number of likely N-dealkylation sites (tertiary alicyclic amines) is 2. The number of carbonyl (C=O) groups is 6.